The third kappa shape index (κ3) is 7.21. The van der Waals surface area contributed by atoms with Gasteiger partial charge in [-0.2, -0.15) is 0 Å². The molecule has 0 radical (unpaired) electrons. The summed E-state index contributed by atoms with van der Waals surface area (Å²) in [6, 6.07) is 13.9. The number of guanidine groups is 1. The SMILES string of the molecule is CCNC(=NCc1cccc(OCCN(C)CCOC)c1)NCc1nnc2ccccn12. The summed E-state index contributed by atoms with van der Waals surface area (Å²) >= 11 is 0. The molecule has 0 atom stereocenters. The molecular weight excluding hydrogens is 406 g/mol. The standard InChI is InChI=1S/C23H33N7O2/c1-4-24-23(26-18-22-28-27-21-10-5-6-11-30(21)22)25-17-19-8-7-9-20(16-19)32-15-13-29(2)12-14-31-3/h5-11,16H,4,12-15,17-18H2,1-3H3,(H2,24,25,26). The topological polar surface area (TPSA) is 88.3 Å². The van der Waals surface area contributed by atoms with Crippen LogP contribution in [-0.4, -0.2) is 72.5 Å². The molecular formula is C23H33N7O2. The number of methoxy groups -OCH3 is 1. The van der Waals surface area contributed by atoms with Crippen LogP contribution in [0, 0.1) is 0 Å². The summed E-state index contributed by atoms with van der Waals surface area (Å²) in [7, 11) is 3.77. The number of nitrogens with one attached hydrogen (secondary N) is 2. The summed E-state index contributed by atoms with van der Waals surface area (Å²) in [5.74, 6) is 2.41. The Labute approximate surface area is 189 Å². The van der Waals surface area contributed by atoms with Gasteiger partial charge >= 0.3 is 0 Å². The van der Waals surface area contributed by atoms with Gasteiger partial charge in [-0.05, 0) is 43.8 Å². The highest BCUT2D eigenvalue weighted by molar-refractivity contribution is 5.79. The number of benzene rings is 1. The fourth-order valence-corrected chi connectivity index (χ4v) is 3.10. The van der Waals surface area contributed by atoms with Crippen LogP contribution in [0.3, 0.4) is 0 Å². The van der Waals surface area contributed by atoms with E-state index in [1.807, 2.05) is 53.9 Å². The normalized spacial score (nSPS) is 11.8. The first-order chi connectivity index (χ1) is 15.7. The van der Waals surface area contributed by atoms with Crippen LogP contribution >= 0.6 is 0 Å². The molecule has 172 valence electrons. The van der Waals surface area contributed by atoms with Gasteiger partial charge in [0.25, 0.3) is 0 Å². The molecule has 0 fully saturated rings. The van der Waals surface area contributed by atoms with Crippen molar-refractivity contribution in [3.8, 4) is 5.75 Å². The van der Waals surface area contributed by atoms with Crippen LogP contribution < -0.4 is 15.4 Å². The van der Waals surface area contributed by atoms with Crippen molar-refractivity contribution in [3.05, 3.63) is 60.0 Å². The highest BCUT2D eigenvalue weighted by Crippen LogP contribution is 2.14. The van der Waals surface area contributed by atoms with E-state index in [-0.39, 0.29) is 0 Å². The number of hydrogen-bond acceptors (Lipinski definition) is 6. The van der Waals surface area contributed by atoms with Gasteiger partial charge in [0.2, 0.25) is 0 Å². The van der Waals surface area contributed by atoms with Crippen molar-refractivity contribution in [2.24, 2.45) is 4.99 Å². The predicted molar refractivity (Wildman–Crippen MR) is 126 cm³/mol. The minimum absolute atomic E-state index is 0.525. The number of likely N-dealkylation sites (N-methyl/N-ethyl adjacent to an activating group) is 1. The number of fused-ring (bicyclic) bond motifs is 1. The van der Waals surface area contributed by atoms with E-state index < -0.39 is 0 Å². The molecule has 0 unspecified atom stereocenters. The van der Waals surface area contributed by atoms with Crippen LogP contribution in [0.25, 0.3) is 5.65 Å². The van der Waals surface area contributed by atoms with Crippen molar-refractivity contribution in [1.29, 1.82) is 0 Å². The minimum atomic E-state index is 0.525. The predicted octanol–water partition coefficient (Wildman–Crippen LogP) is 1.94. The van der Waals surface area contributed by atoms with E-state index >= 15 is 0 Å². The lowest BCUT2D eigenvalue weighted by Gasteiger charge is -2.16. The van der Waals surface area contributed by atoms with Crippen molar-refractivity contribution in [1.82, 2.24) is 30.1 Å². The molecule has 2 heterocycles. The lowest BCUT2D eigenvalue weighted by molar-refractivity contribution is 0.150. The molecule has 0 saturated heterocycles. The molecule has 9 nitrogen and oxygen atoms in total. The summed E-state index contributed by atoms with van der Waals surface area (Å²) in [6.07, 6.45) is 1.96. The van der Waals surface area contributed by atoms with Crippen molar-refractivity contribution in [3.63, 3.8) is 0 Å². The maximum atomic E-state index is 5.91. The van der Waals surface area contributed by atoms with E-state index in [9.17, 15) is 0 Å². The molecule has 0 bridgehead atoms. The van der Waals surface area contributed by atoms with Crippen LogP contribution in [-0.2, 0) is 17.8 Å². The van der Waals surface area contributed by atoms with Crippen molar-refractivity contribution in [2.75, 3.05) is 47.0 Å². The minimum Gasteiger partial charge on any atom is -0.492 e. The van der Waals surface area contributed by atoms with Gasteiger partial charge in [0.15, 0.2) is 17.4 Å². The van der Waals surface area contributed by atoms with Crippen molar-refractivity contribution >= 4 is 11.6 Å². The summed E-state index contributed by atoms with van der Waals surface area (Å²) in [5.41, 5.74) is 1.91. The molecule has 32 heavy (non-hydrogen) atoms. The van der Waals surface area contributed by atoms with E-state index in [0.29, 0.717) is 19.7 Å². The molecule has 2 N–H and O–H groups in total. The Hall–Kier alpha value is -3.17. The second-order valence-corrected chi connectivity index (χ2v) is 7.39. The zero-order valence-electron chi connectivity index (χ0n) is 19.1. The number of rotatable bonds is 12. The Morgan fingerprint density at radius 1 is 1.09 bits per heavy atom. The van der Waals surface area contributed by atoms with Crippen LogP contribution in [0.5, 0.6) is 5.75 Å². The van der Waals surface area contributed by atoms with Gasteiger partial charge in [-0.15, -0.1) is 10.2 Å². The van der Waals surface area contributed by atoms with Gasteiger partial charge in [0.1, 0.15) is 12.4 Å². The van der Waals surface area contributed by atoms with Crippen molar-refractivity contribution in [2.45, 2.75) is 20.0 Å². The third-order valence-electron chi connectivity index (χ3n) is 4.88. The Bertz CT molecular complexity index is 989. The van der Waals surface area contributed by atoms with E-state index in [4.69, 9.17) is 14.5 Å². The quantitative estimate of drug-likeness (QED) is 0.329. The molecule has 3 aromatic rings. The molecule has 0 amide bonds. The van der Waals surface area contributed by atoms with Crippen molar-refractivity contribution < 1.29 is 9.47 Å². The summed E-state index contributed by atoms with van der Waals surface area (Å²) < 4.78 is 13.0. The van der Waals surface area contributed by atoms with E-state index in [0.717, 1.165) is 55.0 Å². The molecule has 0 saturated carbocycles. The molecule has 2 aromatic heterocycles. The third-order valence-corrected chi connectivity index (χ3v) is 4.88. The average Bonchev–Trinajstić information content (AvgIpc) is 3.23. The molecule has 1 aromatic carbocycles. The number of nitrogens with zero attached hydrogens (tertiary/aromatic N) is 5. The molecule has 0 aliphatic heterocycles. The monoisotopic (exact) mass is 439 g/mol. The van der Waals surface area contributed by atoms with Crippen LogP contribution in [0.15, 0.2) is 53.7 Å². The Morgan fingerprint density at radius 3 is 2.81 bits per heavy atom. The second kappa shape index (κ2) is 12.6. The Morgan fingerprint density at radius 2 is 1.97 bits per heavy atom. The van der Waals surface area contributed by atoms with Crippen LogP contribution in [0.4, 0.5) is 0 Å². The first kappa shape index (κ1) is 23.5. The molecule has 0 aliphatic carbocycles. The largest absolute Gasteiger partial charge is 0.492 e. The number of ether oxygens (including phenoxy) is 2. The number of pyridine rings is 1. The maximum Gasteiger partial charge on any atom is 0.191 e. The van der Waals surface area contributed by atoms with Gasteiger partial charge < -0.3 is 25.0 Å². The highest BCUT2D eigenvalue weighted by Gasteiger charge is 2.06. The van der Waals surface area contributed by atoms with Crippen LogP contribution in [0.1, 0.15) is 18.3 Å². The van der Waals surface area contributed by atoms with E-state index in [1.165, 1.54) is 0 Å². The summed E-state index contributed by atoms with van der Waals surface area (Å²) in [6.45, 7) is 6.96. The molecule has 3 rings (SSSR count). The zero-order chi connectivity index (χ0) is 22.6. The summed E-state index contributed by atoms with van der Waals surface area (Å²) in [4.78, 5) is 6.89. The van der Waals surface area contributed by atoms with E-state index in [2.05, 4.69) is 38.8 Å². The fourth-order valence-electron chi connectivity index (χ4n) is 3.10. The van der Waals surface area contributed by atoms with Gasteiger partial charge in [-0.1, -0.05) is 18.2 Å². The average molecular weight is 440 g/mol. The second-order valence-electron chi connectivity index (χ2n) is 7.39. The maximum absolute atomic E-state index is 5.91. The molecule has 9 heteroatoms. The van der Waals surface area contributed by atoms with E-state index in [1.54, 1.807) is 7.11 Å². The Balaban J connectivity index is 1.53. The number of aromatic nitrogens is 3. The lowest BCUT2D eigenvalue weighted by atomic mass is 10.2. The lowest BCUT2D eigenvalue weighted by Crippen LogP contribution is -2.37. The summed E-state index contributed by atoms with van der Waals surface area (Å²) in [5, 5.41) is 15.0. The van der Waals surface area contributed by atoms with Gasteiger partial charge in [-0.3, -0.25) is 4.40 Å². The van der Waals surface area contributed by atoms with Crippen LogP contribution in [0.2, 0.25) is 0 Å². The van der Waals surface area contributed by atoms with Gasteiger partial charge in [-0.25, -0.2) is 4.99 Å². The highest BCUT2D eigenvalue weighted by atomic mass is 16.5. The molecule has 0 spiro atoms. The molecule has 0 aliphatic rings. The van der Waals surface area contributed by atoms with Gasteiger partial charge in [0.05, 0.1) is 19.7 Å². The number of aliphatic imine (C=N–C) groups is 1. The first-order valence-electron chi connectivity index (χ1n) is 10.9. The number of hydrogen-bond donors (Lipinski definition) is 2. The van der Waals surface area contributed by atoms with Gasteiger partial charge in [0, 0.05) is 32.9 Å². The first-order valence-corrected chi connectivity index (χ1v) is 10.9. The smallest absolute Gasteiger partial charge is 0.191 e. The fraction of sp³-hybridized carbons (Fsp3) is 0.435. The Kier molecular flexibility index (Phi) is 9.27. The zero-order valence-corrected chi connectivity index (χ0v) is 19.1.